The van der Waals surface area contributed by atoms with Crippen LogP contribution >= 0.6 is 23.5 Å². The standard InChI is InChI=1S/C24H31N5O8S2/c1-23(2)14(21(34)35)28-18(38-23)12(26-16(31)11(25)9-5-7-10(30)8-6-9)17(32)27-13-19(33)29-15(22(36)37)24(3,4)39-20(13)29/h5-8,11-15,18,20,28,30H,25H2,1-4H3,(H,26,31)(H,27,32)(H,34,35)(H,36,37)/t11?,12?,13-,14+,15+,18?,20-/m1/s1. The Labute approximate surface area is 232 Å². The molecule has 13 nitrogen and oxygen atoms in total. The predicted octanol–water partition coefficient (Wildman–Crippen LogP) is -0.597. The first-order valence-corrected chi connectivity index (χ1v) is 13.9. The van der Waals surface area contributed by atoms with E-state index in [0.29, 0.717) is 5.56 Å². The summed E-state index contributed by atoms with van der Waals surface area (Å²) in [6, 6.07) is -0.0123. The summed E-state index contributed by atoms with van der Waals surface area (Å²) in [6.07, 6.45) is 0. The number of amides is 3. The van der Waals surface area contributed by atoms with Gasteiger partial charge in [0.15, 0.2) is 0 Å². The number of carboxylic acids is 2. The molecule has 3 fully saturated rings. The van der Waals surface area contributed by atoms with Gasteiger partial charge >= 0.3 is 11.9 Å². The van der Waals surface area contributed by atoms with E-state index >= 15 is 0 Å². The summed E-state index contributed by atoms with van der Waals surface area (Å²) in [5.41, 5.74) is 6.47. The van der Waals surface area contributed by atoms with Gasteiger partial charge in [-0.3, -0.25) is 24.5 Å². The summed E-state index contributed by atoms with van der Waals surface area (Å²) in [5, 5.41) is 35.5. The molecule has 8 N–H and O–H groups in total. The number of phenolic OH excluding ortho intramolecular Hbond substituents is 1. The third-order valence-corrected chi connectivity index (χ3v) is 10.2. The summed E-state index contributed by atoms with van der Waals surface area (Å²) in [5.74, 6) is -4.33. The van der Waals surface area contributed by atoms with Gasteiger partial charge in [-0.1, -0.05) is 12.1 Å². The van der Waals surface area contributed by atoms with Crippen LogP contribution in [-0.2, 0) is 24.0 Å². The Morgan fingerprint density at radius 3 is 2.15 bits per heavy atom. The molecule has 3 aliphatic heterocycles. The van der Waals surface area contributed by atoms with Gasteiger partial charge in [0.2, 0.25) is 17.7 Å². The topological polar surface area (TPSA) is 211 Å². The fraction of sp³-hybridized carbons (Fsp3) is 0.542. The van der Waals surface area contributed by atoms with Gasteiger partial charge in [-0.15, -0.1) is 23.5 Å². The average molecular weight is 582 g/mol. The lowest BCUT2D eigenvalue weighted by molar-refractivity contribution is -0.161. The van der Waals surface area contributed by atoms with Crippen LogP contribution in [0.25, 0.3) is 0 Å². The van der Waals surface area contributed by atoms with Crippen molar-refractivity contribution >= 4 is 53.2 Å². The van der Waals surface area contributed by atoms with Crippen LogP contribution in [0.4, 0.5) is 0 Å². The van der Waals surface area contributed by atoms with E-state index in [1.807, 2.05) is 0 Å². The number of thioether (sulfide) groups is 2. The third-order valence-electron chi connectivity index (χ3n) is 7.09. The quantitative estimate of drug-likeness (QED) is 0.192. The Kier molecular flexibility index (Phi) is 7.57. The van der Waals surface area contributed by atoms with E-state index in [-0.39, 0.29) is 5.75 Å². The number of hydrogen-bond donors (Lipinski definition) is 7. The SMILES string of the molecule is CC1(C)S[C@@H]2[C@H](NC(=O)C(NC(=O)C(N)c3ccc(O)cc3)C3N[C@@H](C(=O)O)C(C)(C)S3)C(=O)N2[C@H]1C(=O)O. The van der Waals surface area contributed by atoms with Gasteiger partial charge in [0.25, 0.3) is 0 Å². The maximum Gasteiger partial charge on any atom is 0.327 e. The highest BCUT2D eigenvalue weighted by Crippen LogP contribution is 2.51. The molecular weight excluding hydrogens is 550 g/mol. The van der Waals surface area contributed by atoms with Crippen LogP contribution in [0, 0.1) is 0 Å². The molecule has 212 valence electrons. The first-order chi connectivity index (χ1) is 18.0. The second-order valence-corrected chi connectivity index (χ2v) is 14.3. The minimum atomic E-state index is -1.33. The van der Waals surface area contributed by atoms with Crippen molar-refractivity contribution in [2.75, 3.05) is 0 Å². The van der Waals surface area contributed by atoms with Crippen LogP contribution < -0.4 is 21.7 Å². The van der Waals surface area contributed by atoms with Crippen molar-refractivity contribution in [3.05, 3.63) is 29.8 Å². The molecule has 3 unspecified atom stereocenters. The molecule has 4 rings (SSSR count). The summed E-state index contributed by atoms with van der Waals surface area (Å²) in [4.78, 5) is 64.5. The minimum Gasteiger partial charge on any atom is -0.508 e. The van der Waals surface area contributed by atoms with Crippen LogP contribution in [0.2, 0.25) is 0 Å². The van der Waals surface area contributed by atoms with Crippen molar-refractivity contribution in [3.8, 4) is 5.75 Å². The monoisotopic (exact) mass is 581 g/mol. The summed E-state index contributed by atoms with van der Waals surface area (Å²) in [7, 11) is 0. The summed E-state index contributed by atoms with van der Waals surface area (Å²) in [6.45, 7) is 6.81. The maximum atomic E-state index is 13.6. The zero-order valence-electron chi connectivity index (χ0n) is 21.6. The lowest BCUT2D eigenvalue weighted by Crippen LogP contribution is -2.72. The number of nitrogens with zero attached hydrogens (tertiary/aromatic N) is 1. The van der Waals surface area contributed by atoms with E-state index < -0.39 is 80.1 Å². The fourth-order valence-corrected chi connectivity index (χ4v) is 8.19. The van der Waals surface area contributed by atoms with Gasteiger partial charge in [0, 0.05) is 9.49 Å². The van der Waals surface area contributed by atoms with Crippen LogP contribution in [-0.4, -0.2) is 94.3 Å². The second-order valence-electron chi connectivity index (χ2n) is 10.7. The molecule has 0 bridgehead atoms. The number of benzene rings is 1. The van der Waals surface area contributed by atoms with E-state index in [4.69, 9.17) is 5.73 Å². The average Bonchev–Trinajstić information content (AvgIpc) is 3.30. The largest absolute Gasteiger partial charge is 0.508 e. The normalized spacial score (nSPS) is 30.0. The van der Waals surface area contributed by atoms with Gasteiger partial charge in [0.1, 0.15) is 41.3 Å². The molecule has 0 radical (unpaired) electrons. The number of hydrogen-bond acceptors (Lipinski definition) is 10. The second kappa shape index (κ2) is 10.2. The molecule has 0 spiro atoms. The molecule has 3 heterocycles. The first-order valence-electron chi connectivity index (χ1n) is 12.1. The zero-order valence-corrected chi connectivity index (χ0v) is 23.2. The van der Waals surface area contributed by atoms with Gasteiger partial charge in [-0.05, 0) is 45.4 Å². The van der Waals surface area contributed by atoms with Crippen LogP contribution in [0.3, 0.4) is 0 Å². The molecule has 0 saturated carbocycles. The van der Waals surface area contributed by atoms with Crippen molar-refractivity contribution in [3.63, 3.8) is 0 Å². The molecular formula is C24H31N5O8S2. The molecule has 1 aromatic carbocycles. The number of aliphatic carboxylic acids is 2. The Morgan fingerprint density at radius 1 is 1.00 bits per heavy atom. The van der Waals surface area contributed by atoms with Crippen molar-refractivity contribution in [1.82, 2.24) is 20.9 Å². The fourth-order valence-electron chi connectivity index (χ4n) is 5.07. The van der Waals surface area contributed by atoms with Gasteiger partial charge in [0.05, 0.1) is 5.37 Å². The Balaban J connectivity index is 1.55. The van der Waals surface area contributed by atoms with Crippen LogP contribution in [0.5, 0.6) is 5.75 Å². The molecule has 3 amide bonds. The van der Waals surface area contributed by atoms with Gasteiger partial charge in [-0.25, -0.2) is 4.79 Å². The summed E-state index contributed by atoms with van der Waals surface area (Å²) >= 11 is 2.41. The highest BCUT2D eigenvalue weighted by molar-refractivity contribution is 8.02. The lowest BCUT2D eigenvalue weighted by atomic mass is 9.96. The number of fused-ring (bicyclic) bond motifs is 1. The van der Waals surface area contributed by atoms with Crippen molar-refractivity contribution in [2.24, 2.45) is 5.73 Å². The number of rotatable bonds is 8. The smallest absolute Gasteiger partial charge is 0.327 e. The molecule has 0 aromatic heterocycles. The Bertz CT molecular complexity index is 1210. The Morgan fingerprint density at radius 2 is 1.62 bits per heavy atom. The number of nitrogens with two attached hydrogens (primary N) is 1. The molecule has 1 aromatic rings. The number of carbonyl (C=O) groups is 5. The van der Waals surface area contributed by atoms with Crippen molar-refractivity contribution in [2.45, 2.75) is 78.1 Å². The summed E-state index contributed by atoms with van der Waals surface area (Å²) < 4.78 is -1.64. The molecule has 39 heavy (non-hydrogen) atoms. The number of β-lactam (4-membered cyclic amide) rings is 1. The molecule has 15 heteroatoms. The highest BCUT2D eigenvalue weighted by atomic mass is 32.2. The van der Waals surface area contributed by atoms with Crippen LogP contribution in [0.1, 0.15) is 39.3 Å². The van der Waals surface area contributed by atoms with E-state index in [0.717, 1.165) is 11.8 Å². The maximum absolute atomic E-state index is 13.6. The number of aromatic hydroxyl groups is 1. The number of carbonyl (C=O) groups excluding carboxylic acids is 3. The van der Waals surface area contributed by atoms with Crippen molar-refractivity contribution in [1.29, 1.82) is 0 Å². The van der Waals surface area contributed by atoms with Crippen LogP contribution in [0.15, 0.2) is 24.3 Å². The van der Waals surface area contributed by atoms with Crippen molar-refractivity contribution < 1.29 is 39.3 Å². The number of carboxylic acid groups (broad SMARTS) is 2. The minimum absolute atomic E-state index is 0.0191. The highest BCUT2D eigenvalue weighted by Gasteiger charge is 2.64. The van der Waals surface area contributed by atoms with Gasteiger partial charge in [-0.2, -0.15) is 0 Å². The predicted molar refractivity (Wildman–Crippen MR) is 143 cm³/mol. The number of phenols is 1. The van der Waals surface area contributed by atoms with E-state index in [2.05, 4.69) is 16.0 Å². The molecule has 3 saturated heterocycles. The van der Waals surface area contributed by atoms with Gasteiger partial charge < -0.3 is 36.6 Å². The molecule has 3 aliphatic rings. The first kappa shape index (κ1) is 29.0. The van der Waals surface area contributed by atoms with E-state index in [9.17, 15) is 39.3 Å². The Hall–Kier alpha value is -3.01. The number of nitrogens with one attached hydrogen (secondary N) is 3. The lowest BCUT2D eigenvalue weighted by Gasteiger charge is -2.44. The zero-order chi connectivity index (χ0) is 29.0. The van der Waals surface area contributed by atoms with E-state index in [1.54, 1.807) is 27.7 Å². The van der Waals surface area contributed by atoms with E-state index in [1.165, 1.54) is 40.9 Å². The molecule has 0 aliphatic carbocycles. The third kappa shape index (κ3) is 5.27. The molecule has 7 atom stereocenters.